The molecule has 1 aromatic rings. The SMILES string of the molecule is CCNC(=NCC(O)COc1cccc(Cl)c1Cl)NCCCOCC1CC1. The molecule has 0 amide bonds. The molecule has 3 N–H and O–H groups in total. The molecule has 0 spiro atoms. The van der Waals surface area contributed by atoms with Gasteiger partial charge in [0.1, 0.15) is 23.5 Å². The van der Waals surface area contributed by atoms with Crippen molar-refractivity contribution in [2.24, 2.45) is 10.9 Å². The van der Waals surface area contributed by atoms with Gasteiger partial charge in [-0.05, 0) is 44.2 Å². The van der Waals surface area contributed by atoms with Crippen molar-refractivity contribution in [3.8, 4) is 5.75 Å². The zero-order chi connectivity index (χ0) is 19.5. The summed E-state index contributed by atoms with van der Waals surface area (Å²) in [7, 11) is 0. The molecule has 6 nitrogen and oxygen atoms in total. The van der Waals surface area contributed by atoms with Crippen molar-refractivity contribution in [2.45, 2.75) is 32.3 Å². The molecule has 0 radical (unpaired) electrons. The quantitative estimate of drug-likeness (QED) is 0.276. The molecule has 27 heavy (non-hydrogen) atoms. The van der Waals surface area contributed by atoms with Gasteiger partial charge in [0.25, 0.3) is 0 Å². The summed E-state index contributed by atoms with van der Waals surface area (Å²) in [6.07, 6.45) is 2.78. The fourth-order valence-electron chi connectivity index (χ4n) is 2.29. The van der Waals surface area contributed by atoms with Crippen molar-refractivity contribution in [3.63, 3.8) is 0 Å². The van der Waals surface area contributed by atoms with E-state index in [1.54, 1.807) is 18.2 Å². The van der Waals surface area contributed by atoms with Gasteiger partial charge in [0.15, 0.2) is 5.96 Å². The van der Waals surface area contributed by atoms with Gasteiger partial charge in [0, 0.05) is 26.3 Å². The number of nitrogens with zero attached hydrogens (tertiary/aromatic N) is 1. The Morgan fingerprint density at radius 2 is 2.15 bits per heavy atom. The molecule has 2 rings (SSSR count). The number of aliphatic hydroxyl groups excluding tert-OH is 1. The predicted octanol–water partition coefficient (Wildman–Crippen LogP) is 3.10. The largest absolute Gasteiger partial charge is 0.489 e. The lowest BCUT2D eigenvalue weighted by Crippen LogP contribution is -2.39. The molecule has 0 aromatic heterocycles. The normalized spacial score (nSPS) is 15.5. The van der Waals surface area contributed by atoms with E-state index < -0.39 is 6.10 Å². The minimum atomic E-state index is -0.752. The zero-order valence-corrected chi connectivity index (χ0v) is 17.2. The van der Waals surface area contributed by atoms with Crippen LogP contribution in [0.2, 0.25) is 10.0 Å². The molecule has 1 saturated carbocycles. The summed E-state index contributed by atoms with van der Waals surface area (Å²) >= 11 is 12.0. The highest BCUT2D eigenvalue weighted by Gasteiger charge is 2.20. The van der Waals surface area contributed by atoms with E-state index in [2.05, 4.69) is 15.6 Å². The molecule has 8 heteroatoms. The van der Waals surface area contributed by atoms with Gasteiger partial charge >= 0.3 is 0 Å². The summed E-state index contributed by atoms with van der Waals surface area (Å²) in [6, 6.07) is 5.14. The van der Waals surface area contributed by atoms with E-state index in [9.17, 15) is 5.11 Å². The molecule has 1 unspecified atom stereocenters. The second-order valence-electron chi connectivity index (χ2n) is 6.54. The van der Waals surface area contributed by atoms with E-state index in [1.165, 1.54) is 12.8 Å². The van der Waals surface area contributed by atoms with Gasteiger partial charge in [-0.3, -0.25) is 4.99 Å². The van der Waals surface area contributed by atoms with Crippen molar-refractivity contribution in [1.82, 2.24) is 10.6 Å². The number of aliphatic hydroxyl groups is 1. The van der Waals surface area contributed by atoms with Crippen LogP contribution in [0.4, 0.5) is 0 Å². The van der Waals surface area contributed by atoms with E-state index in [1.807, 2.05) is 6.92 Å². The third-order valence-electron chi connectivity index (χ3n) is 3.96. The summed E-state index contributed by atoms with van der Waals surface area (Å²) in [4.78, 5) is 4.39. The van der Waals surface area contributed by atoms with Crippen molar-refractivity contribution >= 4 is 29.2 Å². The lowest BCUT2D eigenvalue weighted by atomic mass is 10.3. The predicted molar refractivity (Wildman–Crippen MR) is 110 cm³/mol. The Kier molecular flexibility index (Phi) is 10.1. The van der Waals surface area contributed by atoms with Crippen LogP contribution in [-0.4, -0.2) is 56.6 Å². The summed E-state index contributed by atoms with van der Waals surface area (Å²) in [5.41, 5.74) is 0. The van der Waals surface area contributed by atoms with Crippen LogP contribution in [0.1, 0.15) is 26.2 Å². The fraction of sp³-hybridized carbons (Fsp3) is 0.632. The maximum absolute atomic E-state index is 10.1. The first-order valence-corrected chi connectivity index (χ1v) is 10.2. The summed E-state index contributed by atoms with van der Waals surface area (Å²) in [5.74, 6) is 1.91. The minimum Gasteiger partial charge on any atom is -0.489 e. The highest BCUT2D eigenvalue weighted by molar-refractivity contribution is 6.42. The summed E-state index contributed by atoms with van der Waals surface area (Å²) in [5, 5.41) is 17.3. The van der Waals surface area contributed by atoms with E-state index in [-0.39, 0.29) is 13.2 Å². The first-order valence-electron chi connectivity index (χ1n) is 9.45. The number of ether oxygens (including phenoxy) is 2. The Labute approximate surface area is 171 Å². The van der Waals surface area contributed by atoms with Crippen molar-refractivity contribution < 1.29 is 14.6 Å². The highest BCUT2D eigenvalue weighted by atomic mass is 35.5. The van der Waals surface area contributed by atoms with E-state index in [0.717, 1.165) is 38.6 Å². The fourth-order valence-corrected chi connectivity index (χ4v) is 2.63. The Hall–Kier alpha value is -1.21. The number of nitrogens with one attached hydrogen (secondary N) is 2. The van der Waals surface area contributed by atoms with Crippen LogP contribution < -0.4 is 15.4 Å². The monoisotopic (exact) mass is 417 g/mol. The van der Waals surface area contributed by atoms with Crippen LogP contribution in [0.25, 0.3) is 0 Å². The third-order valence-corrected chi connectivity index (χ3v) is 4.76. The Morgan fingerprint density at radius 1 is 1.33 bits per heavy atom. The van der Waals surface area contributed by atoms with Crippen LogP contribution in [0.5, 0.6) is 5.75 Å². The number of benzene rings is 1. The molecular formula is C19H29Cl2N3O3. The second kappa shape index (κ2) is 12.3. The lowest BCUT2D eigenvalue weighted by Gasteiger charge is -2.14. The van der Waals surface area contributed by atoms with Crippen LogP contribution in [0.15, 0.2) is 23.2 Å². The average molecular weight is 418 g/mol. The summed E-state index contributed by atoms with van der Waals surface area (Å²) in [6.45, 7) is 5.44. The van der Waals surface area contributed by atoms with Crippen LogP contribution in [0.3, 0.4) is 0 Å². The standard InChI is InChI=1S/C19H29Cl2N3O3/c1-2-22-19(23-9-4-10-26-12-14-7-8-14)24-11-15(25)13-27-17-6-3-5-16(20)18(17)21/h3,5-6,14-15,25H,2,4,7-13H2,1H3,(H2,22,23,24). The first kappa shape index (κ1) is 22.1. The molecule has 1 fully saturated rings. The Morgan fingerprint density at radius 3 is 2.89 bits per heavy atom. The number of halogens is 2. The molecule has 1 aliphatic carbocycles. The van der Waals surface area contributed by atoms with Crippen LogP contribution in [0, 0.1) is 5.92 Å². The smallest absolute Gasteiger partial charge is 0.191 e. The molecule has 1 aliphatic rings. The van der Waals surface area contributed by atoms with Gasteiger partial charge in [-0.15, -0.1) is 0 Å². The number of aliphatic imine (C=N–C) groups is 1. The number of guanidine groups is 1. The maximum Gasteiger partial charge on any atom is 0.191 e. The van der Waals surface area contributed by atoms with Gasteiger partial charge in [-0.25, -0.2) is 0 Å². The van der Waals surface area contributed by atoms with E-state index in [0.29, 0.717) is 21.8 Å². The van der Waals surface area contributed by atoms with Crippen molar-refractivity contribution in [1.29, 1.82) is 0 Å². The number of rotatable bonds is 12. The molecule has 0 aliphatic heterocycles. The second-order valence-corrected chi connectivity index (χ2v) is 7.32. The first-order chi connectivity index (χ1) is 13.1. The van der Waals surface area contributed by atoms with Crippen LogP contribution >= 0.6 is 23.2 Å². The lowest BCUT2D eigenvalue weighted by molar-refractivity contribution is 0.114. The van der Waals surface area contributed by atoms with E-state index >= 15 is 0 Å². The van der Waals surface area contributed by atoms with Gasteiger partial charge in [-0.1, -0.05) is 29.3 Å². The molecule has 0 bridgehead atoms. The van der Waals surface area contributed by atoms with Gasteiger partial charge in [-0.2, -0.15) is 0 Å². The highest BCUT2D eigenvalue weighted by Crippen LogP contribution is 2.31. The number of hydrogen-bond acceptors (Lipinski definition) is 4. The average Bonchev–Trinajstić information content (AvgIpc) is 3.48. The van der Waals surface area contributed by atoms with Gasteiger partial charge < -0.3 is 25.2 Å². The van der Waals surface area contributed by atoms with Gasteiger partial charge in [0.2, 0.25) is 0 Å². The van der Waals surface area contributed by atoms with E-state index in [4.69, 9.17) is 32.7 Å². The molecule has 0 saturated heterocycles. The molecule has 1 aromatic carbocycles. The van der Waals surface area contributed by atoms with Crippen molar-refractivity contribution in [3.05, 3.63) is 28.2 Å². The van der Waals surface area contributed by atoms with Crippen LogP contribution in [-0.2, 0) is 4.74 Å². The summed E-state index contributed by atoms with van der Waals surface area (Å²) < 4.78 is 11.1. The molecular weight excluding hydrogens is 389 g/mol. The number of hydrogen-bond donors (Lipinski definition) is 3. The van der Waals surface area contributed by atoms with Crippen molar-refractivity contribution in [2.75, 3.05) is 39.5 Å². The molecule has 1 atom stereocenters. The topological polar surface area (TPSA) is 75.1 Å². The zero-order valence-electron chi connectivity index (χ0n) is 15.7. The van der Waals surface area contributed by atoms with Gasteiger partial charge in [0.05, 0.1) is 11.6 Å². The third kappa shape index (κ3) is 9.02. The molecule has 152 valence electrons. The Balaban J connectivity index is 1.66. The molecule has 0 heterocycles. The maximum atomic E-state index is 10.1. The minimum absolute atomic E-state index is 0.0813. The Bertz CT molecular complexity index is 598.